The molecule has 1 fully saturated rings. The van der Waals surface area contributed by atoms with E-state index in [4.69, 9.17) is 10.8 Å². The largest absolute Gasteiger partial charge is 0.396 e. The zero-order valence-electron chi connectivity index (χ0n) is 7.36. The zero-order chi connectivity index (χ0) is 9.14. The molecular formula is C8H16N2O2. The van der Waals surface area contributed by atoms with Crippen molar-refractivity contribution in [1.29, 1.82) is 0 Å². The molecule has 0 spiro atoms. The summed E-state index contributed by atoms with van der Waals surface area (Å²) in [5.74, 6) is 0.239. The standard InChI is InChI=1S/C8H16N2O2/c1-6(9)3-10-4-7(5-11)2-8(10)12/h6-7,11H,2-5,9H2,1H3. The van der Waals surface area contributed by atoms with Crippen LogP contribution in [0.4, 0.5) is 0 Å². The Morgan fingerprint density at radius 3 is 2.92 bits per heavy atom. The van der Waals surface area contributed by atoms with Crippen LogP contribution in [0.25, 0.3) is 0 Å². The number of carbonyl (C=O) groups is 1. The van der Waals surface area contributed by atoms with Crippen LogP contribution >= 0.6 is 0 Å². The molecule has 1 heterocycles. The Balaban J connectivity index is 2.41. The normalized spacial score (nSPS) is 26.4. The number of hydrogen-bond donors (Lipinski definition) is 2. The molecule has 2 atom stereocenters. The first-order valence-electron chi connectivity index (χ1n) is 4.27. The molecule has 0 radical (unpaired) electrons. The quantitative estimate of drug-likeness (QED) is 0.584. The highest BCUT2D eigenvalue weighted by atomic mass is 16.3. The minimum Gasteiger partial charge on any atom is -0.396 e. The van der Waals surface area contributed by atoms with E-state index >= 15 is 0 Å². The predicted octanol–water partition coefficient (Wildman–Crippen LogP) is -0.826. The van der Waals surface area contributed by atoms with Crippen molar-refractivity contribution < 1.29 is 9.90 Å². The van der Waals surface area contributed by atoms with Gasteiger partial charge in [-0.25, -0.2) is 0 Å². The first-order chi connectivity index (χ1) is 5.63. The van der Waals surface area contributed by atoms with Gasteiger partial charge >= 0.3 is 0 Å². The smallest absolute Gasteiger partial charge is 0.223 e. The van der Waals surface area contributed by atoms with Crippen LogP contribution in [0.5, 0.6) is 0 Å². The van der Waals surface area contributed by atoms with E-state index in [1.165, 1.54) is 0 Å². The van der Waals surface area contributed by atoms with Gasteiger partial charge in [0.1, 0.15) is 0 Å². The predicted molar refractivity (Wildman–Crippen MR) is 45.4 cm³/mol. The molecule has 70 valence electrons. The molecule has 0 aliphatic carbocycles. The van der Waals surface area contributed by atoms with Gasteiger partial charge < -0.3 is 15.7 Å². The van der Waals surface area contributed by atoms with Crippen molar-refractivity contribution in [2.24, 2.45) is 11.7 Å². The fourth-order valence-corrected chi connectivity index (χ4v) is 1.50. The molecule has 1 amide bonds. The maximum Gasteiger partial charge on any atom is 0.223 e. The number of amides is 1. The Morgan fingerprint density at radius 2 is 2.50 bits per heavy atom. The molecule has 1 rings (SSSR count). The molecule has 12 heavy (non-hydrogen) atoms. The third-order valence-electron chi connectivity index (χ3n) is 2.06. The highest BCUT2D eigenvalue weighted by Gasteiger charge is 2.28. The molecule has 2 unspecified atom stereocenters. The highest BCUT2D eigenvalue weighted by Crippen LogP contribution is 2.16. The van der Waals surface area contributed by atoms with Crippen LogP contribution in [0.1, 0.15) is 13.3 Å². The summed E-state index contributed by atoms with van der Waals surface area (Å²) in [6, 6.07) is 0.0198. The number of rotatable bonds is 3. The minimum absolute atomic E-state index is 0.0198. The third-order valence-corrected chi connectivity index (χ3v) is 2.06. The van der Waals surface area contributed by atoms with E-state index in [2.05, 4.69) is 0 Å². The van der Waals surface area contributed by atoms with E-state index < -0.39 is 0 Å². The lowest BCUT2D eigenvalue weighted by Crippen LogP contribution is -2.36. The Kier molecular flexibility index (Phi) is 3.05. The maximum absolute atomic E-state index is 11.2. The molecule has 1 saturated heterocycles. The second-order valence-electron chi connectivity index (χ2n) is 3.53. The number of aliphatic hydroxyl groups is 1. The van der Waals surface area contributed by atoms with E-state index in [1.54, 1.807) is 4.90 Å². The fourth-order valence-electron chi connectivity index (χ4n) is 1.50. The van der Waals surface area contributed by atoms with Crippen LogP contribution in [-0.2, 0) is 4.79 Å². The summed E-state index contributed by atoms with van der Waals surface area (Å²) in [6.07, 6.45) is 0.475. The molecule has 4 heteroatoms. The zero-order valence-corrected chi connectivity index (χ0v) is 7.36. The molecule has 1 aliphatic rings. The number of nitrogens with zero attached hydrogens (tertiary/aromatic N) is 1. The lowest BCUT2D eigenvalue weighted by molar-refractivity contribution is -0.127. The molecule has 0 bridgehead atoms. The van der Waals surface area contributed by atoms with Crippen molar-refractivity contribution in [3.63, 3.8) is 0 Å². The summed E-state index contributed by atoms with van der Waals surface area (Å²) in [4.78, 5) is 13.0. The molecule has 0 saturated carbocycles. The number of hydrogen-bond acceptors (Lipinski definition) is 3. The van der Waals surface area contributed by atoms with Crippen LogP contribution < -0.4 is 5.73 Å². The Labute approximate surface area is 72.3 Å². The van der Waals surface area contributed by atoms with Crippen molar-refractivity contribution in [3.8, 4) is 0 Å². The van der Waals surface area contributed by atoms with Crippen LogP contribution in [0.15, 0.2) is 0 Å². The molecule has 0 aromatic rings. The van der Waals surface area contributed by atoms with E-state index in [0.717, 1.165) is 0 Å². The molecule has 3 N–H and O–H groups in total. The number of likely N-dealkylation sites (tertiary alicyclic amines) is 1. The average Bonchev–Trinajstić information content (AvgIpc) is 2.31. The van der Waals surface area contributed by atoms with Gasteiger partial charge in [-0.1, -0.05) is 0 Å². The summed E-state index contributed by atoms with van der Waals surface area (Å²) in [6.45, 7) is 3.24. The van der Waals surface area contributed by atoms with E-state index in [0.29, 0.717) is 19.5 Å². The topological polar surface area (TPSA) is 66.6 Å². The van der Waals surface area contributed by atoms with Crippen LogP contribution in [0.2, 0.25) is 0 Å². The van der Waals surface area contributed by atoms with Crippen molar-refractivity contribution in [3.05, 3.63) is 0 Å². The number of nitrogens with two attached hydrogens (primary N) is 1. The molecule has 0 aromatic heterocycles. The van der Waals surface area contributed by atoms with Crippen molar-refractivity contribution in [2.45, 2.75) is 19.4 Å². The van der Waals surface area contributed by atoms with Crippen molar-refractivity contribution in [1.82, 2.24) is 4.90 Å². The molecule has 4 nitrogen and oxygen atoms in total. The van der Waals surface area contributed by atoms with Gasteiger partial charge in [0, 0.05) is 38.1 Å². The SMILES string of the molecule is CC(N)CN1CC(CO)CC1=O. The van der Waals surface area contributed by atoms with Gasteiger partial charge in [0.2, 0.25) is 5.91 Å². The average molecular weight is 172 g/mol. The summed E-state index contributed by atoms with van der Waals surface area (Å²) in [7, 11) is 0. The second-order valence-corrected chi connectivity index (χ2v) is 3.53. The van der Waals surface area contributed by atoms with E-state index in [1.807, 2.05) is 6.92 Å². The lowest BCUT2D eigenvalue weighted by atomic mass is 10.1. The fraction of sp³-hybridized carbons (Fsp3) is 0.875. The second kappa shape index (κ2) is 3.87. The summed E-state index contributed by atoms with van der Waals surface area (Å²) in [5, 5.41) is 8.83. The molecular weight excluding hydrogens is 156 g/mol. The van der Waals surface area contributed by atoms with Gasteiger partial charge in [-0.05, 0) is 6.92 Å². The van der Waals surface area contributed by atoms with Gasteiger partial charge in [-0.2, -0.15) is 0 Å². The highest BCUT2D eigenvalue weighted by molar-refractivity contribution is 5.78. The van der Waals surface area contributed by atoms with Crippen molar-refractivity contribution >= 4 is 5.91 Å². The van der Waals surface area contributed by atoms with Gasteiger partial charge in [-0.3, -0.25) is 4.79 Å². The molecule has 1 aliphatic heterocycles. The molecule has 0 aromatic carbocycles. The van der Waals surface area contributed by atoms with Crippen molar-refractivity contribution in [2.75, 3.05) is 19.7 Å². The Morgan fingerprint density at radius 1 is 1.83 bits per heavy atom. The number of carbonyl (C=O) groups excluding carboxylic acids is 1. The summed E-state index contributed by atoms with van der Waals surface area (Å²) in [5.41, 5.74) is 5.56. The maximum atomic E-state index is 11.2. The third kappa shape index (κ3) is 2.19. The Hall–Kier alpha value is -0.610. The minimum atomic E-state index is 0.0198. The lowest BCUT2D eigenvalue weighted by Gasteiger charge is -2.18. The van der Waals surface area contributed by atoms with E-state index in [9.17, 15) is 4.79 Å². The first kappa shape index (κ1) is 9.48. The van der Waals surface area contributed by atoms with Crippen LogP contribution in [0.3, 0.4) is 0 Å². The van der Waals surface area contributed by atoms with Gasteiger partial charge in [0.05, 0.1) is 0 Å². The summed E-state index contributed by atoms with van der Waals surface area (Å²) >= 11 is 0. The first-order valence-corrected chi connectivity index (χ1v) is 4.27. The van der Waals surface area contributed by atoms with Gasteiger partial charge in [0.25, 0.3) is 0 Å². The Bertz CT molecular complexity index is 170. The number of aliphatic hydroxyl groups excluding tert-OH is 1. The van der Waals surface area contributed by atoms with Crippen LogP contribution in [0, 0.1) is 5.92 Å². The monoisotopic (exact) mass is 172 g/mol. The van der Waals surface area contributed by atoms with Gasteiger partial charge in [-0.15, -0.1) is 0 Å². The van der Waals surface area contributed by atoms with E-state index in [-0.39, 0.29) is 24.5 Å². The van der Waals surface area contributed by atoms with Crippen LogP contribution in [-0.4, -0.2) is 41.7 Å². The summed E-state index contributed by atoms with van der Waals surface area (Å²) < 4.78 is 0. The van der Waals surface area contributed by atoms with Gasteiger partial charge in [0.15, 0.2) is 0 Å².